The molecule has 1 saturated carbocycles. The molecule has 3 rings (SSSR count). The molecule has 2 aliphatic rings. The number of likely N-dealkylation sites (N-methyl/N-ethyl adjacent to an activating group) is 1. The number of hydrogen-bond acceptors (Lipinski definition) is 5. The van der Waals surface area contributed by atoms with Crippen LogP contribution in [0, 0.1) is 13.8 Å². The molecule has 0 spiro atoms. The quantitative estimate of drug-likeness (QED) is 0.853. The summed E-state index contributed by atoms with van der Waals surface area (Å²) in [7, 11) is 1.92. The number of carbonyl (C=O) groups is 1. The minimum Gasteiger partial charge on any atom is -0.374 e. The maximum Gasteiger partial charge on any atom is 0.242 e. The summed E-state index contributed by atoms with van der Waals surface area (Å²) in [6, 6.07) is 0.257. The van der Waals surface area contributed by atoms with Gasteiger partial charge in [0.2, 0.25) is 5.91 Å². The van der Waals surface area contributed by atoms with Crippen molar-refractivity contribution in [3.8, 4) is 0 Å². The van der Waals surface area contributed by atoms with Crippen molar-refractivity contribution in [1.82, 2.24) is 10.1 Å². The first kappa shape index (κ1) is 15.3. The van der Waals surface area contributed by atoms with Crippen molar-refractivity contribution in [2.75, 3.05) is 31.6 Å². The molecule has 1 aromatic rings. The number of morpholine rings is 1. The third-order valence-electron chi connectivity index (χ3n) is 4.80. The van der Waals surface area contributed by atoms with Crippen LogP contribution in [-0.4, -0.2) is 54.9 Å². The van der Waals surface area contributed by atoms with Crippen LogP contribution >= 0.6 is 0 Å². The van der Waals surface area contributed by atoms with Crippen LogP contribution in [-0.2, 0) is 9.53 Å². The minimum atomic E-state index is 0.169. The van der Waals surface area contributed by atoms with E-state index in [1.54, 1.807) is 0 Å². The number of hydrogen-bond donors (Lipinski definition) is 0. The monoisotopic (exact) mass is 307 g/mol. The molecule has 0 bridgehead atoms. The topological polar surface area (TPSA) is 58.8 Å². The summed E-state index contributed by atoms with van der Waals surface area (Å²) >= 11 is 0. The molecular formula is C16H25N3O3. The van der Waals surface area contributed by atoms with E-state index in [4.69, 9.17) is 9.26 Å². The van der Waals surface area contributed by atoms with E-state index < -0.39 is 0 Å². The lowest BCUT2D eigenvalue weighted by molar-refractivity contribution is -0.148. The zero-order chi connectivity index (χ0) is 15.7. The lowest BCUT2D eigenvalue weighted by Crippen LogP contribution is -2.56. The van der Waals surface area contributed by atoms with Gasteiger partial charge in [0.1, 0.15) is 11.4 Å². The highest BCUT2D eigenvalue weighted by Gasteiger charge is 2.36. The molecule has 22 heavy (non-hydrogen) atoms. The van der Waals surface area contributed by atoms with Gasteiger partial charge in [0.05, 0.1) is 25.3 Å². The Hall–Kier alpha value is -1.56. The van der Waals surface area contributed by atoms with Gasteiger partial charge < -0.3 is 19.1 Å². The number of rotatable bonds is 3. The number of nitrogens with zero attached hydrogens (tertiary/aromatic N) is 3. The second-order valence-corrected chi connectivity index (χ2v) is 6.38. The second kappa shape index (κ2) is 6.28. The predicted octanol–water partition coefficient (Wildman–Crippen LogP) is 1.90. The summed E-state index contributed by atoms with van der Waals surface area (Å²) in [5, 5.41) is 3.96. The normalized spacial score (nSPS) is 25.0. The van der Waals surface area contributed by atoms with Gasteiger partial charge in [-0.1, -0.05) is 18.0 Å². The van der Waals surface area contributed by atoms with Gasteiger partial charge >= 0.3 is 0 Å². The van der Waals surface area contributed by atoms with E-state index >= 15 is 0 Å². The molecule has 2 atom stereocenters. The summed E-state index contributed by atoms with van der Waals surface area (Å²) < 4.78 is 11.0. The summed E-state index contributed by atoms with van der Waals surface area (Å²) in [4.78, 5) is 16.7. The molecule has 1 aliphatic heterocycles. The van der Waals surface area contributed by atoms with Gasteiger partial charge in [-0.15, -0.1) is 0 Å². The molecule has 0 aromatic carbocycles. The minimum absolute atomic E-state index is 0.169. The molecule has 1 saturated heterocycles. The maximum atomic E-state index is 12.8. The summed E-state index contributed by atoms with van der Waals surface area (Å²) in [6.45, 7) is 5.49. The van der Waals surface area contributed by atoms with Gasteiger partial charge in [0.25, 0.3) is 0 Å². The largest absolute Gasteiger partial charge is 0.374 e. The molecule has 0 radical (unpaired) electrons. The molecule has 6 nitrogen and oxygen atoms in total. The fraction of sp³-hybridized carbons (Fsp3) is 0.750. The number of aryl methyl sites for hydroxylation is 2. The molecule has 1 aliphatic carbocycles. The first-order valence-electron chi connectivity index (χ1n) is 8.13. The summed E-state index contributed by atoms with van der Waals surface area (Å²) in [5.74, 6) is 0.924. The van der Waals surface area contributed by atoms with Crippen molar-refractivity contribution in [2.24, 2.45) is 0 Å². The van der Waals surface area contributed by atoms with Crippen LogP contribution < -0.4 is 4.90 Å². The van der Waals surface area contributed by atoms with Crippen molar-refractivity contribution >= 4 is 11.6 Å². The molecule has 2 heterocycles. The number of amides is 1. The standard InChI is InChI=1S/C16H25N3O3/c1-11-16(12(2)22-17-11)18(3)10-15(20)19-8-9-21-14-7-5-4-6-13(14)19/h13-14H,4-10H2,1-3H3/t13-,14+/m0/s1. The van der Waals surface area contributed by atoms with Crippen LogP contribution in [0.15, 0.2) is 4.52 Å². The number of anilines is 1. The van der Waals surface area contributed by atoms with Gasteiger partial charge in [-0.25, -0.2) is 0 Å². The van der Waals surface area contributed by atoms with Gasteiger partial charge in [-0.3, -0.25) is 4.79 Å². The zero-order valence-corrected chi connectivity index (χ0v) is 13.7. The highest BCUT2D eigenvalue weighted by molar-refractivity contribution is 5.82. The van der Waals surface area contributed by atoms with Gasteiger partial charge in [0.15, 0.2) is 5.76 Å². The Morgan fingerprint density at radius 1 is 1.36 bits per heavy atom. The van der Waals surface area contributed by atoms with E-state index in [1.165, 1.54) is 12.8 Å². The number of fused-ring (bicyclic) bond motifs is 1. The van der Waals surface area contributed by atoms with Crippen LogP contribution in [0.5, 0.6) is 0 Å². The average molecular weight is 307 g/mol. The Kier molecular flexibility index (Phi) is 4.38. The summed E-state index contributed by atoms with van der Waals surface area (Å²) in [6.07, 6.45) is 4.77. The molecule has 1 amide bonds. The average Bonchev–Trinajstić information content (AvgIpc) is 2.85. The Morgan fingerprint density at radius 2 is 2.14 bits per heavy atom. The Bertz CT molecular complexity index is 521. The van der Waals surface area contributed by atoms with Gasteiger partial charge in [0, 0.05) is 13.6 Å². The molecule has 0 N–H and O–H groups in total. The molecule has 122 valence electrons. The lowest BCUT2D eigenvalue weighted by Gasteiger charge is -2.44. The van der Waals surface area contributed by atoms with E-state index in [2.05, 4.69) is 5.16 Å². The summed E-state index contributed by atoms with van der Waals surface area (Å²) in [5.41, 5.74) is 1.74. The predicted molar refractivity (Wildman–Crippen MR) is 83.0 cm³/mol. The smallest absolute Gasteiger partial charge is 0.242 e. The van der Waals surface area contributed by atoms with E-state index in [0.29, 0.717) is 19.7 Å². The molecule has 0 unspecified atom stereocenters. The van der Waals surface area contributed by atoms with E-state index in [9.17, 15) is 4.79 Å². The van der Waals surface area contributed by atoms with E-state index in [1.807, 2.05) is 30.7 Å². The van der Waals surface area contributed by atoms with Crippen LogP contribution in [0.1, 0.15) is 37.1 Å². The van der Waals surface area contributed by atoms with Crippen LogP contribution in [0.3, 0.4) is 0 Å². The molecular weight excluding hydrogens is 282 g/mol. The van der Waals surface area contributed by atoms with Crippen molar-refractivity contribution < 1.29 is 14.1 Å². The highest BCUT2D eigenvalue weighted by Crippen LogP contribution is 2.29. The molecule has 1 aromatic heterocycles. The fourth-order valence-corrected chi connectivity index (χ4v) is 3.80. The molecule has 2 fully saturated rings. The van der Waals surface area contributed by atoms with E-state index in [-0.39, 0.29) is 18.1 Å². The Labute approximate surface area is 131 Å². The maximum absolute atomic E-state index is 12.8. The Balaban J connectivity index is 1.68. The number of carbonyl (C=O) groups excluding carboxylic acids is 1. The number of ether oxygens (including phenoxy) is 1. The van der Waals surface area contributed by atoms with Crippen LogP contribution in [0.2, 0.25) is 0 Å². The lowest BCUT2D eigenvalue weighted by atomic mass is 9.90. The molecule has 6 heteroatoms. The third kappa shape index (κ3) is 2.84. The Morgan fingerprint density at radius 3 is 2.86 bits per heavy atom. The zero-order valence-electron chi connectivity index (χ0n) is 13.7. The van der Waals surface area contributed by atoms with Crippen molar-refractivity contribution in [3.63, 3.8) is 0 Å². The van der Waals surface area contributed by atoms with Crippen molar-refractivity contribution in [2.45, 2.75) is 51.7 Å². The van der Waals surface area contributed by atoms with Gasteiger partial charge in [-0.05, 0) is 26.7 Å². The van der Waals surface area contributed by atoms with Crippen molar-refractivity contribution in [1.29, 1.82) is 0 Å². The second-order valence-electron chi connectivity index (χ2n) is 6.38. The first-order valence-corrected chi connectivity index (χ1v) is 8.13. The van der Waals surface area contributed by atoms with Crippen LogP contribution in [0.4, 0.5) is 5.69 Å². The number of aromatic nitrogens is 1. The third-order valence-corrected chi connectivity index (χ3v) is 4.80. The highest BCUT2D eigenvalue weighted by atomic mass is 16.5. The SMILES string of the molecule is Cc1noc(C)c1N(C)CC(=O)N1CCO[C@@H]2CCCC[C@@H]21. The van der Waals surface area contributed by atoms with Crippen molar-refractivity contribution in [3.05, 3.63) is 11.5 Å². The van der Waals surface area contributed by atoms with E-state index in [0.717, 1.165) is 30.0 Å². The van der Waals surface area contributed by atoms with Crippen LogP contribution in [0.25, 0.3) is 0 Å². The first-order chi connectivity index (χ1) is 10.6. The van der Waals surface area contributed by atoms with Gasteiger partial charge in [-0.2, -0.15) is 0 Å². The fourth-order valence-electron chi connectivity index (χ4n) is 3.80.